The van der Waals surface area contributed by atoms with E-state index >= 15 is 0 Å². The molecule has 0 rings (SSSR count). The van der Waals surface area contributed by atoms with E-state index in [2.05, 4.69) is 0 Å². The predicted octanol–water partition coefficient (Wildman–Crippen LogP) is -0.126. The predicted molar refractivity (Wildman–Crippen MR) is 0.686 cm³/mol. The van der Waals surface area contributed by atoms with Crippen LogP contribution in [0.2, 0.25) is 0 Å². The molecule has 0 aromatic heterocycles. The van der Waals surface area contributed by atoms with E-state index in [0.29, 0.717) is 21.0 Å². The first kappa shape index (κ1) is 16.7. The minimum absolute atomic E-state index is 0. The first-order chi connectivity index (χ1) is 1.00. The molecule has 0 bridgehead atoms. The van der Waals surface area contributed by atoms with Gasteiger partial charge in [0.25, 0.3) is 0 Å². The Morgan fingerprint density at radius 1 is 1.25 bits per heavy atom. The molecule has 4 heteroatoms. The van der Waals surface area contributed by atoms with E-state index in [1.807, 2.05) is 0 Å². The van der Waals surface area contributed by atoms with Crippen LogP contribution in [0.1, 0.15) is 0 Å². The van der Waals surface area contributed by atoms with Gasteiger partial charge in [-0.25, -0.2) is 0 Å². The Labute approximate surface area is 67.6 Å². The molecule has 0 unspecified atom stereocenters. The van der Waals surface area contributed by atoms with E-state index in [-0.39, 0.29) is 44.1 Å². The van der Waals surface area contributed by atoms with Gasteiger partial charge in [-0.1, -0.05) is 0 Å². The normalized spacial score (nSPS) is 0.750. The summed E-state index contributed by atoms with van der Waals surface area (Å²) in [6.07, 6.45) is 0. The Kier molecular flexibility index (Phi) is 83.5. The van der Waals surface area contributed by atoms with E-state index in [1.165, 1.54) is 0 Å². The number of rotatable bonds is 0. The number of hydrogen-bond acceptors (Lipinski definition) is 1. The van der Waals surface area contributed by atoms with Crippen LogP contribution in [-0.2, 0) is 68.4 Å². The molecular formula is Nb2OTi. The van der Waals surface area contributed by atoms with Crippen molar-refractivity contribution in [2.75, 3.05) is 0 Å². The van der Waals surface area contributed by atoms with Gasteiger partial charge in [0.05, 0.1) is 0 Å². The summed E-state index contributed by atoms with van der Waals surface area (Å²) in [5.74, 6) is 0. The summed E-state index contributed by atoms with van der Waals surface area (Å²) in [6, 6.07) is 0. The quantitative estimate of drug-likeness (QED) is 0.547. The molecular weight excluding hydrogens is 250 g/mol. The van der Waals surface area contributed by atoms with Gasteiger partial charge in [0, 0.05) is 44.1 Å². The summed E-state index contributed by atoms with van der Waals surface area (Å²) in [5, 5.41) is 0. The second-order valence-electron chi connectivity index (χ2n) is 0. The number of hydrogen-bond donors (Lipinski definition) is 0. The largest absolute Gasteiger partial charge is 0 e. The molecule has 1 nitrogen and oxygen atoms in total. The van der Waals surface area contributed by atoms with Crippen molar-refractivity contribution in [1.82, 2.24) is 0 Å². The zero-order chi connectivity index (χ0) is 2.00. The zero-order valence-electron chi connectivity index (χ0n) is 1.80. The molecule has 0 saturated heterocycles. The SMILES string of the molecule is [Nb].[O]=[Nb].[Ti]. The fourth-order valence-corrected chi connectivity index (χ4v) is 0. The summed E-state index contributed by atoms with van der Waals surface area (Å²) in [4.78, 5) is 0. The molecule has 0 N–H and O–H groups in total. The Hall–Kier alpha value is 1.99. The van der Waals surface area contributed by atoms with Gasteiger partial charge in [-0.15, -0.1) is 0 Å². The fourth-order valence-electron chi connectivity index (χ4n) is 0. The Balaban J connectivity index is -0.00000000500. The van der Waals surface area contributed by atoms with Gasteiger partial charge >= 0.3 is 24.3 Å². The second-order valence-corrected chi connectivity index (χ2v) is 0. The van der Waals surface area contributed by atoms with Crippen LogP contribution in [0.25, 0.3) is 0 Å². The van der Waals surface area contributed by atoms with E-state index < -0.39 is 0 Å². The smallest absolute Gasteiger partial charge is 0 e. The topological polar surface area (TPSA) is 17.1 Å². The average molecular weight is 250 g/mol. The van der Waals surface area contributed by atoms with Gasteiger partial charge in [-0.3, -0.25) is 0 Å². The van der Waals surface area contributed by atoms with Crippen molar-refractivity contribution >= 4 is 0 Å². The van der Waals surface area contributed by atoms with Gasteiger partial charge in [0.2, 0.25) is 0 Å². The van der Waals surface area contributed by atoms with E-state index in [4.69, 9.17) is 3.25 Å². The summed E-state index contributed by atoms with van der Waals surface area (Å²) in [6.45, 7) is 0. The third-order valence-electron chi connectivity index (χ3n) is 0. The van der Waals surface area contributed by atoms with Crippen molar-refractivity contribution in [3.63, 3.8) is 0 Å². The minimum atomic E-state index is 0. The third-order valence-corrected chi connectivity index (χ3v) is 0. The van der Waals surface area contributed by atoms with E-state index in [0.717, 1.165) is 0 Å². The van der Waals surface area contributed by atoms with Crippen LogP contribution in [-0.4, -0.2) is 0 Å². The van der Waals surface area contributed by atoms with Crippen LogP contribution in [0.4, 0.5) is 0 Å². The van der Waals surface area contributed by atoms with E-state index in [1.54, 1.807) is 0 Å². The van der Waals surface area contributed by atoms with Crippen molar-refractivity contribution in [2.24, 2.45) is 0 Å². The molecule has 0 aromatic carbocycles. The molecule has 0 atom stereocenters. The maximum absolute atomic E-state index is 8.30. The van der Waals surface area contributed by atoms with Crippen LogP contribution in [0, 0.1) is 0 Å². The molecule has 0 amide bonds. The van der Waals surface area contributed by atoms with Crippen LogP contribution in [0.15, 0.2) is 0 Å². The summed E-state index contributed by atoms with van der Waals surface area (Å²) >= 11 is 0.500. The average Bonchev–Trinajstić information content (AvgIpc) is 1.00. The Morgan fingerprint density at radius 2 is 1.25 bits per heavy atom. The van der Waals surface area contributed by atoms with Crippen molar-refractivity contribution < 1.29 is 68.4 Å². The van der Waals surface area contributed by atoms with Crippen molar-refractivity contribution in [3.05, 3.63) is 0 Å². The van der Waals surface area contributed by atoms with E-state index in [9.17, 15) is 0 Å². The molecule has 0 aliphatic rings. The van der Waals surface area contributed by atoms with Crippen molar-refractivity contribution in [3.8, 4) is 0 Å². The molecule has 0 saturated carbocycles. The molecule has 0 fully saturated rings. The fraction of sp³-hybridized carbons (Fsp3) is 0. The van der Waals surface area contributed by atoms with Crippen molar-refractivity contribution in [1.29, 1.82) is 0 Å². The maximum atomic E-state index is 8.30. The Bertz CT molecular complexity index is 6.00. The third kappa shape index (κ3) is 9.00. The summed E-state index contributed by atoms with van der Waals surface area (Å²) in [7, 11) is 0. The summed E-state index contributed by atoms with van der Waals surface area (Å²) < 4.78 is 8.30. The van der Waals surface area contributed by atoms with Gasteiger partial charge in [-0.2, -0.15) is 0 Å². The van der Waals surface area contributed by atoms with Gasteiger partial charge in [0.15, 0.2) is 0 Å². The van der Waals surface area contributed by atoms with Crippen LogP contribution in [0.3, 0.4) is 0 Å². The second kappa shape index (κ2) is 20.0. The molecule has 0 aliphatic carbocycles. The Morgan fingerprint density at radius 3 is 1.25 bits per heavy atom. The molecule has 20 valence electrons. The minimum Gasteiger partial charge on any atom is 0 e. The summed E-state index contributed by atoms with van der Waals surface area (Å²) in [5.41, 5.74) is 0. The van der Waals surface area contributed by atoms with Crippen LogP contribution in [0.5, 0.6) is 0 Å². The monoisotopic (exact) mass is 250 g/mol. The molecule has 0 aliphatic heterocycles. The molecule has 4 heavy (non-hydrogen) atoms. The molecule has 1 radical (unpaired) electrons. The molecule has 0 aromatic rings. The van der Waals surface area contributed by atoms with Crippen molar-refractivity contribution in [2.45, 2.75) is 0 Å². The first-order valence-electron chi connectivity index (χ1n) is 0.183. The first-order valence-corrected chi connectivity index (χ1v) is 1.08. The van der Waals surface area contributed by atoms with Crippen LogP contribution < -0.4 is 0 Å². The van der Waals surface area contributed by atoms with Crippen LogP contribution >= 0.6 is 0 Å². The van der Waals surface area contributed by atoms with Gasteiger partial charge in [0.1, 0.15) is 0 Å². The standard InChI is InChI=1S/2Nb.O.Ti. The molecule has 0 heterocycles. The maximum Gasteiger partial charge on any atom is 0 e. The zero-order valence-corrected chi connectivity index (χ0v) is 7.76. The van der Waals surface area contributed by atoms with Gasteiger partial charge in [-0.05, 0) is 0 Å². The molecule has 0 spiro atoms. The van der Waals surface area contributed by atoms with Gasteiger partial charge < -0.3 is 0 Å².